The highest BCUT2D eigenvalue weighted by Gasteiger charge is 2.10. The van der Waals surface area contributed by atoms with Crippen molar-refractivity contribution >= 4 is 40.9 Å². The molecule has 32 heavy (non-hydrogen) atoms. The molecule has 160 valence electrons. The average Bonchev–Trinajstić information content (AvgIpc) is 2.78. The number of anilines is 2. The van der Waals surface area contributed by atoms with Crippen molar-refractivity contribution in [2.75, 3.05) is 17.2 Å². The smallest absolute Gasteiger partial charge is 0.266 e. The van der Waals surface area contributed by atoms with Crippen LogP contribution in [-0.2, 0) is 9.59 Å². The van der Waals surface area contributed by atoms with Gasteiger partial charge in [-0.05, 0) is 61.0 Å². The predicted molar refractivity (Wildman–Crippen MR) is 125 cm³/mol. The molecule has 2 N–H and O–H groups in total. The van der Waals surface area contributed by atoms with Crippen molar-refractivity contribution in [1.82, 2.24) is 0 Å². The van der Waals surface area contributed by atoms with Crippen LogP contribution in [0.25, 0.3) is 6.08 Å². The Hall–Kier alpha value is -4.08. The van der Waals surface area contributed by atoms with Crippen molar-refractivity contribution in [2.45, 2.75) is 6.92 Å². The minimum atomic E-state index is -0.491. The Morgan fingerprint density at radius 2 is 1.72 bits per heavy atom. The van der Waals surface area contributed by atoms with Crippen LogP contribution in [0.3, 0.4) is 0 Å². The third-order valence-corrected chi connectivity index (χ3v) is 4.58. The first kappa shape index (κ1) is 22.6. The highest BCUT2D eigenvalue weighted by atomic mass is 35.5. The molecule has 3 aromatic carbocycles. The number of rotatable bonds is 7. The number of carbonyl (C=O) groups excluding carboxylic acids is 2. The summed E-state index contributed by atoms with van der Waals surface area (Å²) >= 11 is 5.90. The van der Waals surface area contributed by atoms with E-state index in [1.165, 1.54) is 6.08 Å². The van der Waals surface area contributed by atoms with Gasteiger partial charge in [0.05, 0.1) is 0 Å². The Morgan fingerprint density at radius 1 is 1.00 bits per heavy atom. The molecule has 3 rings (SSSR count). The maximum absolute atomic E-state index is 12.4. The van der Waals surface area contributed by atoms with E-state index < -0.39 is 5.91 Å². The van der Waals surface area contributed by atoms with E-state index in [1.54, 1.807) is 60.7 Å². The fourth-order valence-corrected chi connectivity index (χ4v) is 2.91. The van der Waals surface area contributed by atoms with Gasteiger partial charge in [-0.2, -0.15) is 5.26 Å². The number of nitrogens with one attached hydrogen (secondary N) is 2. The Bertz CT molecular complexity index is 1180. The zero-order valence-electron chi connectivity index (χ0n) is 17.3. The monoisotopic (exact) mass is 445 g/mol. The van der Waals surface area contributed by atoms with Crippen molar-refractivity contribution in [1.29, 1.82) is 5.26 Å². The fourth-order valence-electron chi connectivity index (χ4n) is 2.72. The van der Waals surface area contributed by atoms with E-state index in [1.807, 2.05) is 25.1 Å². The van der Waals surface area contributed by atoms with Gasteiger partial charge in [0.25, 0.3) is 11.8 Å². The third-order valence-electron chi connectivity index (χ3n) is 4.34. The summed E-state index contributed by atoms with van der Waals surface area (Å²) in [7, 11) is 0. The van der Waals surface area contributed by atoms with Crippen LogP contribution in [0.15, 0.2) is 78.4 Å². The van der Waals surface area contributed by atoms with Crippen molar-refractivity contribution in [3.05, 3.63) is 94.5 Å². The molecule has 0 fully saturated rings. The lowest BCUT2D eigenvalue weighted by molar-refractivity contribution is -0.118. The molecule has 0 aromatic heterocycles. The molecule has 0 saturated carbocycles. The number of halogens is 1. The summed E-state index contributed by atoms with van der Waals surface area (Å²) in [6, 6.07) is 22.7. The lowest BCUT2D eigenvalue weighted by Crippen LogP contribution is -2.20. The molecular formula is C25H20ClN3O3. The molecule has 0 atom stereocenters. The zero-order chi connectivity index (χ0) is 22.9. The summed E-state index contributed by atoms with van der Waals surface area (Å²) in [5, 5.41) is 15.3. The lowest BCUT2D eigenvalue weighted by atomic mass is 10.1. The number of carbonyl (C=O) groups is 2. The summed E-state index contributed by atoms with van der Waals surface area (Å²) in [4.78, 5) is 24.4. The second-order valence-electron chi connectivity index (χ2n) is 6.91. The number of hydrogen-bond donors (Lipinski definition) is 2. The molecule has 2 amide bonds. The van der Waals surface area contributed by atoms with E-state index >= 15 is 0 Å². The summed E-state index contributed by atoms with van der Waals surface area (Å²) in [5.41, 5.74) is 2.89. The Kier molecular flexibility index (Phi) is 7.63. The van der Waals surface area contributed by atoms with Gasteiger partial charge < -0.3 is 15.4 Å². The topological polar surface area (TPSA) is 91.2 Å². The van der Waals surface area contributed by atoms with Crippen molar-refractivity contribution < 1.29 is 14.3 Å². The first-order valence-electron chi connectivity index (χ1n) is 9.71. The van der Waals surface area contributed by atoms with Gasteiger partial charge in [0.15, 0.2) is 6.61 Å². The number of hydrogen-bond acceptors (Lipinski definition) is 4. The number of nitrogens with zero attached hydrogens (tertiary/aromatic N) is 1. The molecule has 0 aliphatic rings. The van der Waals surface area contributed by atoms with Crippen LogP contribution >= 0.6 is 11.6 Å². The standard InChI is InChI=1S/C25H20ClN3O3/c1-17-5-9-21(10-6-17)29-25(31)19(15-27)13-18-7-11-23(12-8-18)32-16-24(30)28-22-4-2-3-20(26)14-22/h2-14H,16H2,1H3,(H,28,30)(H,29,31)/b19-13-. The Balaban J connectivity index is 1.57. The maximum atomic E-state index is 12.4. The number of ether oxygens (including phenoxy) is 1. The second-order valence-corrected chi connectivity index (χ2v) is 7.34. The van der Waals surface area contributed by atoms with Crippen LogP contribution in [0.4, 0.5) is 11.4 Å². The van der Waals surface area contributed by atoms with Gasteiger partial charge in [-0.15, -0.1) is 0 Å². The molecule has 0 aliphatic carbocycles. The minimum absolute atomic E-state index is 0.0276. The van der Waals surface area contributed by atoms with Crippen LogP contribution in [-0.4, -0.2) is 18.4 Å². The SMILES string of the molecule is Cc1ccc(NC(=O)/C(C#N)=C\c2ccc(OCC(=O)Nc3cccc(Cl)c3)cc2)cc1. The lowest BCUT2D eigenvalue weighted by Gasteiger charge is -2.08. The third kappa shape index (κ3) is 6.73. The quantitative estimate of drug-likeness (QED) is 0.385. The molecular weight excluding hydrogens is 426 g/mol. The molecule has 0 radical (unpaired) electrons. The summed E-state index contributed by atoms with van der Waals surface area (Å²) < 4.78 is 5.48. The largest absolute Gasteiger partial charge is 0.484 e. The Labute approximate surface area is 191 Å². The second kappa shape index (κ2) is 10.8. The minimum Gasteiger partial charge on any atom is -0.484 e. The van der Waals surface area contributed by atoms with Gasteiger partial charge in [0.1, 0.15) is 17.4 Å². The van der Waals surface area contributed by atoms with Crippen LogP contribution in [0, 0.1) is 18.3 Å². The fraction of sp³-hybridized carbons (Fsp3) is 0.0800. The van der Waals surface area contributed by atoms with E-state index in [0.29, 0.717) is 27.7 Å². The van der Waals surface area contributed by atoms with Crippen molar-refractivity contribution in [2.24, 2.45) is 0 Å². The van der Waals surface area contributed by atoms with Gasteiger partial charge in [-0.3, -0.25) is 9.59 Å². The number of nitriles is 1. The highest BCUT2D eigenvalue weighted by molar-refractivity contribution is 6.30. The molecule has 7 heteroatoms. The van der Waals surface area contributed by atoms with Gasteiger partial charge in [-0.1, -0.05) is 47.5 Å². The number of amides is 2. The van der Waals surface area contributed by atoms with E-state index in [9.17, 15) is 14.9 Å². The molecule has 0 bridgehead atoms. The van der Waals surface area contributed by atoms with Gasteiger partial charge in [0, 0.05) is 16.4 Å². The maximum Gasteiger partial charge on any atom is 0.266 e. The normalized spacial score (nSPS) is 10.7. The number of benzene rings is 3. The molecule has 0 spiro atoms. The number of aryl methyl sites for hydroxylation is 1. The van der Waals surface area contributed by atoms with Crippen molar-refractivity contribution in [3.8, 4) is 11.8 Å². The Morgan fingerprint density at radius 3 is 2.38 bits per heavy atom. The highest BCUT2D eigenvalue weighted by Crippen LogP contribution is 2.17. The molecule has 0 aliphatic heterocycles. The van der Waals surface area contributed by atoms with E-state index in [4.69, 9.17) is 16.3 Å². The molecule has 0 unspecified atom stereocenters. The summed E-state index contributed by atoms with van der Waals surface area (Å²) in [6.45, 7) is 1.77. The van der Waals surface area contributed by atoms with Crippen LogP contribution in [0.5, 0.6) is 5.75 Å². The molecule has 0 heterocycles. The first-order valence-corrected chi connectivity index (χ1v) is 10.1. The van der Waals surface area contributed by atoms with Crippen LogP contribution in [0.2, 0.25) is 5.02 Å². The zero-order valence-corrected chi connectivity index (χ0v) is 18.0. The van der Waals surface area contributed by atoms with Gasteiger partial charge in [0.2, 0.25) is 0 Å². The predicted octanol–water partition coefficient (Wildman–Crippen LogP) is 5.21. The van der Waals surface area contributed by atoms with Crippen molar-refractivity contribution in [3.63, 3.8) is 0 Å². The van der Waals surface area contributed by atoms with E-state index in [0.717, 1.165) is 5.56 Å². The molecule has 6 nitrogen and oxygen atoms in total. The first-order chi connectivity index (χ1) is 15.4. The van der Waals surface area contributed by atoms with Crippen LogP contribution < -0.4 is 15.4 Å². The van der Waals surface area contributed by atoms with E-state index in [-0.39, 0.29) is 18.1 Å². The summed E-state index contributed by atoms with van der Waals surface area (Å²) in [6.07, 6.45) is 1.49. The molecule has 0 saturated heterocycles. The van der Waals surface area contributed by atoms with E-state index in [2.05, 4.69) is 10.6 Å². The van der Waals surface area contributed by atoms with Crippen LogP contribution in [0.1, 0.15) is 11.1 Å². The molecule has 3 aromatic rings. The average molecular weight is 446 g/mol. The van der Waals surface area contributed by atoms with Gasteiger partial charge in [-0.25, -0.2) is 0 Å². The summed E-state index contributed by atoms with van der Waals surface area (Å²) in [5.74, 6) is -0.337. The van der Waals surface area contributed by atoms with Gasteiger partial charge >= 0.3 is 0 Å².